The Hall–Kier alpha value is -2.13. The Labute approximate surface area is 129 Å². The molecule has 0 unspecified atom stereocenters. The second-order valence-electron chi connectivity index (χ2n) is 4.22. The number of fused-ring (bicyclic) bond motifs is 1. The maximum Gasteiger partial charge on any atom is 0.235 e. The van der Waals surface area contributed by atoms with Gasteiger partial charge in [-0.05, 0) is 24.3 Å². The molecule has 4 aromatic rings. The lowest BCUT2D eigenvalue weighted by molar-refractivity contribution is 0.628. The summed E-state index contributed by atoms with van der Waals surface area (Å²) < 4.78 is 16.3. The number of halogens is 2. The van der Waals surface area contributed by atoms with Crippen molar-refractivity contribution in [1.29, 1.82) is 0 Å². The average Bonchev–Trinajstić information content (AvgIpc) is 3.14. The van der Waals surface area contributed by atoms with Crippen molar-refractivity contribution in [3.8, 4) is 22.1 Å². The monoisotopic (exact) mass is 364 g/mol. The fourth-order valence-electron chi connectivity index (χ4n) is 1.94. The number of aromatic nitrogens is 6. The van der Waals surface area contributed by atoms with Crippen LogP contribution in [0.3, 0.4) is 0 Å². The van der Waals surface area contributed by atoms with E-state index >= 15 is 0 Å². The third kappa shape index (κ3) is 2.05. The predicted molar refractivity (Wildman–Crippen MR) is 79.3 cm³/mol. The van der Waals surface area contributed by atoms with Crippen molar-refractivity contribution >= 4 is 32.2 Å². The van der Waals surface area contributed by atoms with E-state index in [4.69, 9.17) is 0 Å². The zero-order valence-corrected chi connectivity index (χ0v) is 12.7. The smallest absolute Gasteiger partial charge is 0.235 e. The Morgan fingerprint density at radius 3 is 2.90 bits per heavy atom. The number of H-pyrrole nitrogens is 1. The van der Waals surface area contributed by atoms with E-state index < -0.39 is 0 Å². The molecular weight excluding hydrogens is 359 g/mol. The third-order valence-corrected chi connectivity index (χ3v) is 4.32. The van der Waals surface area contributed by atoms with Crippen molar-refractivity contribution < 1.29 is 4.39 Å². The maximum absolute atomic E-state index is 14.1. The molecule has 0 saturated heterocycles. The molecule has 0 saturated carbocycles. The van der Waals surface area contributed by atoms with Crippen LogP contribution in [0.25, 0.3) is 27.1 Å². The summed E-state index contributed by atoms with van der Waals surface area (Å²) >= 11 is 4.59. The number of hydrogen-bond acceptors (Lipinski definition) is 5. The van der Waals surface area contributed by atoms with Gasteiger partial charge in [-0.2, -0.15) is 14.7 Å². The highest BCUT2D eigenvalue weighted by Gasteiger charge is 2.17. The average molecular weight is 365 g/mol. The fourth-order valence-corrected chi connectivity index (χ4v) is 3.09. The van der Waals surface area contributed by atoms with Crippen molar-refractivity contribution in [3.05, 3.63) is 40.8 Å². The van der Waals surface area contributed by atoms with Crippen LogP contribution in [-0.4, -0.2) is 30.0 Å². The molecule has 104 valence electrons. The zero-order valence-electron chi connectivity index (χ0n) is 10.3. The van der Waals surface area contributed by atoms with E-state index in [1.807, 2.05) is 6.07 Å². The highest BCUT2D eigenvalue weighted by Crippen LogP contribution is 2.28. The SMILES string of the molecule is Fc1cc(Br)ccc1-c1nnc2sc(-c3ccn[nH]3)nn12. The normalized spacial score (nSPS) is 11.3. The van der Waals surface area contributed by atoms with Crippen molar-refractivity contribution in [3.63, 3.8) is 0 Å². The minimum atomic E-state index is -0.380. The summed E-state index contributed by atoms with van der Waals surface area (Å²) in [5.74, 6) is -0.00761. The van der Waals surface area contributed by atoms with Gasteiger partial charge in [0.1, 0.15) is 5.82 Å². The first-order valence-electron chi connectivity index (χ1n) is 5.90. The summed E-state index contributed by atoms with van der Waals surface area (Å²) in [6, 6.07) is 6.59. The highest BCUT2D eigenvalue weighted by atomic mass is 79.9. The molecule has 0 aliphatic rings. The second kappa shape index (κ2) is 4.71. The van der Waals surface area contributed by atoms with Crippen LogP contribution in [0.5, 0.6) is 0 Å². The van der Waals surface area contributed by atoms with Crippen LogP contribution < -0.4 is 0 Å². The number of nitrogens with zero attached hydrogens (tertiary/aromatic N) is 5. The lowest BCUT2D eigenvalue weighted by atomic mass is 10.2. The fraction of sp³-hybridized carbons (Fsp3) is 0. The Morgan fingerprint density at radius 2 is 2.14 bits per heavy atom. The van der Waals surface area contributed by atoms with Crippen LogP contribution in [0.1, 0.15) is 0 Å². The number of rotatable bonds is 2. The Balaban J connectivity index is 1.89. The van der Waals surface area contributed by atoms with Gasteiger partial charge >= 0.3 is 0 Å². The van der Waals surface area contributed by atoms with E-state index in [1.54, 1.807) is 18.3 Å². The molecule has 4 rings (SSSR count). The Bertz CT molecular complexity index is 929. The van der Waals surface area contributed by atoms with Gasteiger partial charge in [0, 0.05) is 10.7 Å². The number of benzene rings is 1. The van der Waals surface area contributed by atoms with Gasteiger partial charge in [0.15, 0.2) is 10.8 Å². The summed E-state index contributed by atoms with van der Waals surface area (Å²) in [6.07, 6.45) is 1.65. The van der Waals surface area contributed by atoms with Crippen molar-refractivity contribution in [2.75, 3.05) is 0 Å². The lowest BCUT2D eigenvalue weighted by Gasteiger charge is -1.99. The van der Waals surface area contributed by atoms with Crippen LogP contribution in [-0.2, 0) is 0 Å². The van der Waals surface area contributed by atoms with E-state index in [1.165, 1.54) is 21.9 Å². The Morgan fingerprint density at radius 1 is 1.24 bits per heavy atom. The van der Waals surface area contributed by atoms with E-state index in [-0.39, 0.29) is 5.82 Å². The van der Waals surface area contributed by atoms with Gasteiger partial charge in [0.05, 0.1) is 11.3 Å². The van der Waals surface area contributed by atoms with Crippen LogP contribution in [0, 0.1) is 5.82 Å². The van der Waals surface area contributed by atoms with Gasteiger partial charge in [0.25, 0.3) is 0 Å². The molecule has 0 fully saturated rings. The molecule has 1 N–H and O–H groups in total. The first-order chi connectivity index (χ1) is 10.2. The second-order valence-corrected chi connectivity index (χ2v) is 6.09. The van der Waals surface area contributed by atoms with Gasteiger partial charge in [0.2, 0.25) is 4.96 Å². The standard InChI is InChI=1S/C12H6BrFN6S/c13-6-1-2-7(8(14)5-6)10-17-18-12-20(10)19-11(21-12)9-3-4-15-16-9/h1-5H,(H,15,16). The zero-order chi connectivity index (χ0) is 14.4. The van der Waals surface area contributed by atoms with Crippen LogP contribution >= 0.6 is 27.3 Å². The maximum atomic E-state index is 14.1. The largest absolute Gasteiger partial charge is 0.275 e. The van der Waals surface area contributed by atoms with Gasteiger partial charge in [-0.3, -0.25) is 5.10 Å². The van der Waals surface area contributed by atoms with Crippen LogP contribution in [0.15, 0.2) is 34.9 Å². The quantitative estimate of drug-likeness (QED) is 0.592. The molecule has 21 heavy (non-hydrogen) atoms. The Kier molecular flexibility index (Phi) is 2.82. The molecule has 0 aliphatic heterocycles. The van der Waals surface area contributed by atoms with Gasteiger partial charge < -0.3 is 0 Å². The molecule has 6 nitrogen and oxygen atoms in total. The molecule has 0 radical (unpaired) electrons. The van der Waals surface area contributed by atoms with E-state index in [0.717, 1.165) is 10.7 Å². The number of nitrogens with one attached hydrogen (secondary N) is 1. The van der Waals surface area contributed by atoms with E-state index in [2.05, 4.69) is 41.4 Å². The molecule has 1 aromatic carbocycles. The van der Waals surface area contributed by atoms with Crippen molar-refractivity contribution in [1.82, 2.24) is 30.0 Å². The molecule has 3 heterocycles. The predicted octanol–water partition coefficient (Wildman–Crippen LogP) is 3.14. The van der Waals surface area contributed by atoms with E-state index in [9.17, 15) is 4.39 Å². The van der Waals surface area contributed by atoms with E-state index in [0.29, 0.717) is 20.8 Å². The molecule has 0 amide bonds. The van der Waals surface area contributed by atoms with Crippen molar-refractivity contribution in [2.24, 2.45) is 0 Å². The summed E-state index contributed by atoms with van der Waals surface area (Å²) in [4.78, 5) is 0.594. The first kappa shape index (κ1) is 12.6. The first-order valence-corrected chi connectivity index (χ1v) is 7.51. The van der Waals surface area contributed by atoms with Gasteiger partial charge in [-0.15, -0.1) is 10.2 Å². The minimum Gasteiger partial charge on any atom is -0.275 e. The summed E-state index contributed by atoms with van der Waals surface area (Å²) in [7, 11) is 0. The summed E-state index contributed by atoms with van der Waals surface area (Å²) in [5.41, 5.74) is 1.14. The lowest BCUT2D eigenvalue weighted by Crippen LogP contribution is -1.93. The molecule has 0 atom stereocenters. The highest BCUT2D eigenvalue weighted by molar-refractivity contribution is 9.10. The summed E-state index contributed by atoms with van der Waals surface area (Å²) in [6.45, 7) is 0. The molecule has 9 heteroatoms. The molecule has 0 aliphatic carbocycles. The van der Waals surface area contributed by atoms with Gasteiger partial charge in [-0.25, -0.2) is 4.39 Å². The topological polar surface area (TPSA) is 71.8 Å². The number of aromatic amines is 1. The van der Waals surface area contributed by atoms with Crippen molar-refractivity contribution in [2.45, 2.75) is 0 Å². The third-order valence-electron chi connectivity index (χ3n) is 2.89. The van der Waals surface area contributed by atoms with Gasteiger partial charge in [-0.1, -0.05) is 27.3 Å². The number of hydrogen-bond donors (Lipinski definition) is 1. The van der Waals surface area contributed by atoms with Crippen LogP contribution in [0.2, 0.25) is 0 Å². The summed E-state index contributed by atoms with van der Waals surface area (Å²) in [5, 5.41) is 19.9. The molecule has 0 bridgehead atoms. The molecular formula is C12H6BrFN6S. The molecule has 3 aromatic heterocycles. The minimum absolute atomic E-state index is 0.354. The van der Waals surface area contributed by atoms with Crippen LogP contribution in [0.4, 0.5) is 4.39 Å². The molecule has 0 spiro atoms.